The molecule has 2 atom stereocenters. The van der Waals surface area contributed by atoms with Gasteiger partial charge in [-0.25, -0.2) is 11.0 Å². The normalized spacial score (nSPS) is 19.3. The molecule has 2 aliphatic heterocycles. The number of anilines is 2. The molecule has 0 spiro atoms. The summed E-state index contributed by atoms with van der Waals surface area (Å²) < 4.78 is 27.0. The van der Waals surface area contributed by atoms with E-state index in [-0.39, 0.29) is 36.4 Å². The monoisotopic (exact) mass is 571 g/mol. The lowest BCUT2D eigenvalue weighted by Gasteiger charge is -2.41. The second-order valence-electron chi connectivity index (χ2n) is 11.1. The molecule has 1 amide bonds. The number of ether oxygens (including phenoxy) is 2. The van der Waals surface area contributed by atoms with Crippen molar-refractivity contribution in [3.05, 3.63) is 71.7 Å². The highest BCUT2D eigenvalue weighted by Gasteiger charge is 2.35. The highest BCUT2D eigenvalue weighted by atomic mass is 19.1. The number of carbonyl (C=O) groups excluding carboxylic acids is 1. The van der Waals surface area contributed by atoms with Gasteiger partial charge in [-0.05, 0) is 38.3 Å². The molecule has 2 aromatic heterocycles. The number of pyridine rings is 1. The summed E-state index contributed by atoms with van der Waals surface area (Å²) in [6, 6.07) is 4.99. The zero-order valence-corrected chi connectivity index (χ0v) is 23.7. The first-order chi connectivity index (χ1) is 20.4. The van der Waals surface area contributed by atoms with Crippen molar-refractivity contribution >= 4 is 28.2 Å². The van der Waals surface area contributed by atoms with Gasteiger partial charge in [0, 0.05) is 48.7 Å². The molecule has 1 aromatic carbocycles. The Balaban J connectivity index is 1.32. The molecule has 10 nitrogen and oxygen atoms in total. The van der Waals surface area contributed by atoms with E-state index < -0.39 is 0 Å². The molecular formula is C31H34FN7O3. The van der Waals surface area contributed by atoms with Crippen molar-refractivity contribution in [2.24, 2.45) is 0 Å². The van der Waals surface area contributed by atoms with Gasteiger partial charge >= 0.3 is 6.01 Å². The zero-order valence-electron chi connectivity index (χ0n) is 23.7. The van der Waals surface area contributed by atoms with Crippen LogP contribution < -0.4 is 14.5 Å². The molecule has 0 unspecified atom stereocenters. The molecule has 218 valence electrons. The summed E-state index contributed by atoms with van der Waals surface area (Å²) in [5.41, 5.74) is 2.52. The third-order valence-electron chi connectivity index (χ3n) is 8.01. The highest BCUT2D eigenvalue weighted by Crippen LogP contribution is 2.35. The molecule has 1 saturated heterocycles. The van der Waals surface area contributed by atoms with Gasteiger partial charge in [0.2, 0.25) is 12.5 Å². The number of amides is 1. The van der Waals surface area contributed by atoms with Crippen molar-refractivity contribution in [3.63, 3.8) is 0 Å². The van der Waals surface area contributed by atoms with Crippen LogP contribution in [0.3, 0.4) is 0 Å². The maximum atomic E-state index is 15.0. The van der Waals surface area contributed by atoms with Crippen molar-refractivity contribution in [1.29, 1.82) is 0 Å². The molecule has 3 aromatic rings. The molecule has 4 heterocycles. The molecule has 11 heteroatoms. The van der Waals surface area contributed by atoms with Crippen LogP contribution in [0.1, 0.15) is 31.0 Å². The van der Waals surface area contributed by atoms with Crippen LogP contribution in [0.5, 0.6) is 6.01 Å². The molecule has 3 aliphatic rings. The van der Waals surface area contributed by atoms with E-state index in [1.54, 1.807) is 23.4 Å². The Morgan fingerprint density at radius 3 is 2.88 bits per heavy atom. The third kappa shape index (κ3) is 5.72. The maximum absolute atomic E-state index is 15.0. The Kier molecular flexibility index (Phi) is 7.89. The molecule has 0 bridgehead atoms. The van der Waals surface area contributed by atoms with Gasteiger partial charge in [0.15, 0.2) is 0 Å². The van der Waals surface area contributed by atoms with Gasteiger partial charge in [0.05, 0.1) is 36.3 Å². The maximum Gasteiger partial charge on any atom is 0.318 e. The van der Waals surface area contributed by atoms with E-state index in [2.05, 4.69) is 26.2 Å². The SMILES string of the molecule is [C-]#[N+]C[C@H]1CN(c2nc(OC[C@@H](C)OC3CC3)nc3c2CCN(c2cncc4cccc(F)c24)C3)CCN1C(=O)C=C. The fourth-order valence-electron chi connectivity index (χ4n) is 5.81. The van der Waals surface area contributed by atoms with Gasteiger partial charge in [0.25, 0.3) is 0 Å². The Morgan fingerprint density at radius 1 is 1.24 bits per heavy atom. The van der Waals surface area contributed by atoms with Gasteiger partial charge in [-0.3, -0.25) is 9.78 Å². The number of fused-ring (bicyclic) bond motifs is 2. The molecular weight excluding hydrogens is 537 g/mol. The van der Waals surface area contributed by atoms with Gasteiger partial charge in [0.1, 0.15) is 24.3 Å². The Morgan fingerprint density at radius 2 is 2.10 bits per heavy atom. The van der Waals surface area contributed by atoms with Crippen molar-refractivity contribution in [2.45, 2.75) is 51.0 Å². The number of nitrogens with zero attached hydrogens (tertiary/aromatic N) is 7. The molecule has 6 rings (SSSR count). The highest BCUT2D eigenvalue weighted by molar-refractivity contribution is 5.94. The average Bonchev–Trinajstić information content (AvgIpc) is 3.83. The first-order valence-electron chi connectivity index (χ1n) is 14.4. The number of hydrogen-bond donors (Lipinski definition) is 0. The number of benzene rings is 1. The summed E-state index contributed by atoms with van der Waals surface area (Å²) in [6.07, 6.45) is 7.68. The lowest BCUT2D eigenvalue weighted by molar-refractivity contribution is -0.128. The number of rotatable bonds is 9. The number of halogens is 1. The van der Waals surface area contributed by atoms with Gasteiger partial charge in [-0.15, -0.1) is 0 Å². The lowest BCUT2D eigenvalue weighted by atomic mass is 10.0. The summed E-state index contributed by atoms with van der Waals surface area (Å²) >= 11 is 0. The summed E-state index contributed by atoms with van der Waals surface area (Å²) in [5, 5.41) is 1.28. The van der Waals surface area contributed by atoms with Crippen LogP contribution in [0.15, 0.2) is 43.2 Å². The standard InChI is InChI=1S/C31H34FN7O3/c1-4-28(40)39-13-12-38(17-22(39)15-33-3)30-24-10-11-37(27-16-34-14-21-6-5-7-25(32)29(21)27)18-26(24)35-31(36-30)41-19-20(2)42-23-8-9-23/h4-7,14,16,20,22-23H,1,8-13,15,17-19H2,2H3/t20-,22+/m1/s1. The number of carbonyl (C=O) groups is 1. The van der Waals surface area contributed by atoms with Crippen molar-refractivity contribution in [3.8, 4) is 6.01 Å². The molecule has 42 heavy (non-hydrogen) atoms. The van der Waals surface area contributed by atoms with Crippen LogP contribution in [0.25, 0.3) is 15.6 Å². The van der Waals surface area contributed by atoms with Gasteiger partial charge in [-0.2, -0.15) is 9.97 Å². The Labute approximate surface area is 244 Å². The summed E-state index contributed by atoms with van der Waals surface area (Å²) in [6.45, 7) is 16.1. The molecule has 2 fully saturated rings. The van der Waals surface area contributed by atoms with Crippen molar-refractivity contribution in [2.75, 3.05) is 49.1 Å². The molecule has 0 radical (unpaired) electrons. The fraction of sp³-hybridized carbons (Fsp3) is 0.452. The number of piperazine rings is 1. The predicted molar refractivity (Wildman–Crippen MR) is 157 cm³/mol. The van der Waals surface area contributed by atoms with E-state index in [0.717, 1.165) is 41.0 Å². The van der Waals surface area contributed by atoms with Gasteiger partial charge in [-0.1, -0.05) is 18.7 Å². The zero-order chi connectivity index (χ0) is 29.2. The first kappa shape index (κ1) is 27.8. The fourth-order valence-corrected chi connectivity index (χ4v) is 5.81. The molecule has 1 saturated carbocycles. The Bertz CT molecular complexity index is 1530. The first-order valence-corrected chi connectivity index (χ1v) is 14.4. The van der Waals surface area contributed by atoms with Crippen LogP contribution in [0.4, 0.5) is 15.9 Å². The smallest absolute Gasteiger partial charge is 0.318 e. The topological polar surface area (TPSA) is 88.3 Å². The largest absolute Gasteiger partial charge is 0.461 e. The van der Waals surface area contributed by atoms with Crippen molar-refractivity contribution < 1.29 is 18.7 Å². The molecule has 1 aliphatic carbocycles. The second-order valence-corrected chi connectivity index (χ2v) is 11.1. The van der Waals surface area contributed by atoms with Crippen LogP contribution in [-0.2, 0) is 22.5 Å². The summed E-state index contributed by atoms with van der Waals surface area (Å²) in [7, 11) is 0. The van der Waals surface area contributed by atoms with E-state index in [4.69, 9.17) is 26.0 Å². The van der Waals surface area contributed by atoms with E-state index in [9.17, 15) is 9.18 Å². The minimum absolute atomic E-state index is 0.0988. The predicted octanol–water partition coefficient (Wildman–Crippen LogP) is 3.80. The molecule has 0 N–H and O–H groups in total. The average molecular weight is 572 g/mol. The van der Waals surface area contributed by atoms with Gasteiger partial charge < -0.3 is 29.0 Å². The number of hydrogen-bond acceptors (Lipinski definition) is 8. The van der Waals surface area contributed by atoms with Crippen LogP contribution in [0, 0.1) is 12.4 Å². The third-order valence-corrected chi connectivity index (χ3v) is 8.01. The van der Waals surface area contributed by atoms with Crippen molar-refractivity contribution in [1.82, 2.24) is 19.9 Å². The number of aromatic nitrogens is 3. The minimum Gasteiger partial charge on any atom is -0.461 e. The Hall–Kier alpha value is -4.30. The van der Waals surface area contributed by atoms with Crippen LogP contribution in [-0.4, -0.2) is 83.3 Å². The van der Waals surface area contributed by atoms with E-state index in [0.29, 0.717) is 57.2 Å². The minimum atomic E-state index is -0.287. The van der Waals surface area contributed by atoms with E-state index in [1.807, 2.05) is 13.0 Å². The van der Waals surface area contributed by atoms with Crippen LogP contribution >= 0.6 is 0 Å². The quantitative estimate of drug-likeness (QED) is 0.283. The lowest BCUT2D eigenvalue weighted by Crippen LogP contribution is -2.56. The van der Waals surface area contributed by atoms with E-state index in [1.165, 1.54) is 12.1 Å². The van der Waals surface area contributed by atoms with Crippen LogP contribution in [0.2, 0.25) is 0 Å². The van der Waals surface area contributed by atoms with E-state index >= 15 is 0 Å². The summed E-state index contributed by atoms with van der Waals surface area (Å²) in [4.78, 5) is 36.1. The summed E-state index contributed by atoms with van der Waals surface area (Å²) in [5.74, 6) is 0.298. The second kappa shape index (κ2) is 11.9.